The Kier molecular flexibility index (Phi) is 4.74. The maximum absolute atomic E-state index is 11.0. The minimum absolute atomic E-state index is 0.134. The van der Waals surface area contributed by atoms with Gasteiger partial charge < -0.3 is 5.32 Å². The molecular weight excluding hydrogens is 320 g/mol. The lowest BCUT2D eigenvalue weighted by Gasteiger charge is -2.11. The zero-order valence-electron chi connectivity index (χ0n) is 11.1. The molecule has 0 fully saturated rings. The Morgan fingerprint density at radius 1 is 1.20 bits per heavy atom. The molecule has 0 atom stereocenters. The summed E-state index contributed by atoms with van der Waals surface area (Å²) in [7, 11) is 0. The van der Waals surface area contributed by atoms with E-state index in [9.17, 15) is 10.1 Å². The highest BCUT2D eigenvalue weighted by Crippen LogP contribution is 2.25. The molecule has 5 heteroatoms. The average molecular weight is 335 g/mol. The molecule has 0 amide bonds. The largest absolute Gasteiger partial charge is 0.380 e. The van der Waals surface area contributed by atoms with Crippen molar-refractivity contribution in [3.8, 4) is 0 Å². The predicted molar refractivity (Wildman–Crippen MR) is 83.9 cm³/mol. The number of nitrogens with zero attached hydrogens (tertiary/aromatic N) is 1. The van der Waals surface area contributed by atoms with E-state index < -0.39 is 0 Å². The molecular formula is C15H15BrN2O2. The first-order valence-corrected chi connectivity index (χ1v) is 7.15. The molecule has 2 aromatic rings. The average Bonchev–Trinajstić information content (AvgIpc) is 2.45. The molecule has 0 saturated heterocycles. The number of hydrogen-bond donors (Lipinski definition) is 1. The van der Waals surface area contributed by atoms with Gasteiger partial charge in [0.05, 0.1) is 4.92 Å². The fourth-order valence-electron chi connectivity index (χ4n) is 2.07. The zero-order chi connectivity index (χ0) is 14.5. The first kappa shape index (κ1) is 14.5. The Bertz CT molecular complexity index is 629. The quantitative estimate of drug-likeness (QED) is 0.645. The second-order valence-electron chi connectivity index (χ2n) is 4.39. The lowest BCUT2D eigenvalue weighted by Crippen LogP contribution is -2.04. The van der Waals surface area contributed by atoms with Gasteiger partial charge in [-0.3, -0.25) is 10.1 Å². The number of halogens is 1. The van der Waals surface area contributed by atoms with Crippen molar-refractivity contribution in [2.75, 3.05) is 5.32 Å². The van der Waals surface area contributed by atoms with Crippen LogP contribution in [0.3, 0.4) is 0 Å². The van der Waals surface area contributed by atoms with Crippen LogP contribution in [0.2, 0.25) is 0 Å². The third kappa shape index (κ3) is 3.36. The molecule has 0 heterocycles. The van der Waals surface area contributed by atoms with Crippen LogP contribution in [-0.2, 0) is 13.0 Å². The number of aryl methyl sites for hydroxylation is 1. The molecule has 104 valence electrons. The van der Waals surface area contributed by atoms with Crippen molar-refractivity contribution in [1.82, 2.24) is 0 Å². The highest BCUT2D eigenvalue weighted by molar-refractivity contribution is 9.10. The Labute approximate surface area is 126 Å². The number of nitro benzene ring substituents is 1. The minimum Gasteiger partial charge on any atom is -0.380 e. The molecule has 0 spiro atoms. The molecule has 0 aromatic heterocycles. The summed E-state index contributed by atoms with van der Waals surface area (Å²) in [5, 5.41) is 14.3. The molecule has 2 aromatic carbocycles. The molecule has 0 bridgehead atoms. The zero-order valence-corrected chi connectivity index (χ0v) is 12.7. The molecule has 2 rings (SSSR count). The SMILES string of the molecule is CCc1ccccc1NCc1cc(Br)ccc1[N+](=O)[O-]. The molecule has 1 N–H and O–H groups in total. The van der Waals surface area contributed by atoms with Crippen molar-refractivity contribution in [1.29, 1.82) is 0 Å². The van der Waals surface area contributed by atoms with Crippen molar-refractivity contribution < 1.29 is 4.92 Å². The Hall–Kier alpha value is -1.88. The number of benzene rings is 2. The lowest BCUT2D eigenvalue weighted by molar-refractivity contribution is -0.385. The van der Waals surface area contributed by atoms with Crippen LogP contribution < -0.4 is 5.32 Å². The van der Waals surface area contributed by atoms with Gasteiger partial charge in [-0.15, -0.1) is 0 Å². The van der Waals surface area contributed by atoms with E-state index in [2.05, 4.69) is 34.2 Å². The summed E-state index contributed by atoms with van der Waals surface area (Å²) in [6, 6.07) is 13.0. The fraction of sp³-hybridized carbons (Fsp3) is 0.200. The van der Waals surface area contributed by atoms with E-state index in [1.54, 1.807) is 12.1 Å². The summed E-state index contributed by atoms with van der Waals surface area (Å²) in [4.78, 5) is 10.7. The van der Waals surface area contributed by atoms with Crippen molar-refractivity contribution in [2.24, 2.45) is 0 Å². The van der Waals surface area contributed by atoms with Gasteiger partial charge in [-0.25, -0.2) is 0 Å². The third-order valence-corrected chi connectivity index (χ3v) is 3.60. The van der Waals surface area contributed by atoms with Crippen LogP contribution in [0.25, 0.3) is 0 Å². The second kappa shape index (κ2) is 6.52. The fourth-order valence-corrected chi connectivity index (χ4v) is 2.47. The van der Waals surface area contributed by atoms with E-state index in [4.69, 9.17) is 0 Å². The molecule has 0 radical (unpaired) electrons. The van der Waals surface area contributed by atoms with Crippen molar-refractivity contribution in [3.05, 3.63) is 68.2 Å². The van der Waals surface area contributed by atoms with Crippen LogP contribution in [-0.4, -0.2) is 4.92 Å². The first-order chi connectivity index (χ1) is 9.61. The normalized spacial score (nSPS) is 10.3. The summed E-state index contributed by atoms with van der Waals surface area (Å²) in [6.45, 7) is 2.51. The van der Waals surface area contributed by atoms with E-state index in [-0.39, 0.29) is 10.6 Å². The van der Waals surface area contributed by atoms with Crippen LogP contribution in [0.4, 0.5) is 11.4 Å². The summed E-state index contributed by atoms with van der Waals surface area (Å²) in [6.07, 6.45) is 0.920. The number of rotatable bonds is 5. The maximum atomic E-state index is 11.0. The Morgan fingerprint density at radius 3 is 2.65 bits per heavy atom. The summed E-state index contributed by atoms with van der Waals surface area (Å²) < 4.78 is 0.837. The molecule has 0 saturated carbocycles. The van der Waals surface area contributed by atoms with Crippen molar-refractivity contribution in [2.45, 2.75) is 19.9 Å². The van der Waals surface area contributed by atoms with Gasteiger partial charge >= 0.3 is 0 Å². The number of anilines is 1. The van der Waals surface area contributed by atoms with E-state index in [1.807, 2.05) is 18.2 Å². The van der Waals surface area contributed by atoms with Crippen LogP contribution in [0.15, 0.2) is 46.9 Å². The minimum atomic E-state index is -0.352. The van der Waals surface area contributed by atoms with Gasteiger partial charge in [0.15, 0.2) is 0 Å². The van der Waals surface area contributed by atoms with Crippen molar-refractivity contribution >= 4 is 27.3 Å². The molecule has 0 aliphatic heterocycles. The van der Waals surface area contributed by atoms with Crippen molar-refractivity contribution in [3.63, 3.8) is 0 Å². The summed E-state index contributed by atoms with van der Waals surface area (Å²) >= 11 is 3.35. The van der Waals surface area contributed by atoms with Crippen LogP contribution in [0.5, 0.6) is 0 Å². The summed E-state index contributed by atoms with van der Waals surface area (Å²) in [5.41, 5.74) is 3.01. The number of nitro groups is 1. The number of nitrogens with one attached hydrogen (secondary N) is 1. The molecule has 0 unspecified atom stereocenters. The van der Waals surface area contributed by atoms with Gasteiger partial charge in [-0.05, 0) is 30.2 Å². The van der Waals surface area contributed by atoms with Gasteiger partial charge in [0.25, 0.3) is 5.69 Å². The van der Waals surface area contributed by atoms with Gasteiger partial charge in [0.1, 0.15) is 0 Å². The summed E-state index contributed by atoms with van der Waals surface area (Å²) in [5.74, 6) is 0. The smallest absolute Gasteiger partial charge is 0.274 e. The molecule has 0 aliphatic carbocycles. The topological polar surface area (TPSA) is 55.2 Å². The van der Waals surface area contributed by atoms with Crippen LogP contribution in [0.1, 0.15) is 18.1 Å². The van der Waals surface area contributed by atoms with E-state index in [0.29, 0.717) is 12.1 Å². The standard InChI is InChI=1S/C15H15BrN2O2/c1-2-11-5-3-4-6-14(11)17-10-12-9-13(16)7-8-15(12)18(19)20/h3-9,17H,2,10H2,1H3. The third-order valence-electron chi connectivity index (χ3n) is 3.11. The van der Waals surface area contributed by atoms with E-state index in [0.717, 1.165) is 16.6 Å². The van der Waals surface area contributed by atoms with E-state index in [1.165, 1.54) is 11.6 Å². The number of para-hydroxylation sites is 1. The van der Waals surface area contributed by atoms with Gasteiger partial charge in [0, 0.05) is 28.3 Å². The lowest BCUT2D eigenvalue weighted by atomic mass is 10.1. The maximum Gasteiger partial charge on any atom is 0.274 e. The number of hydrogen-bond acceptors (Lipinski definition) is 3. The van der Waals surface area contributed by atoms with Crippen LogP contribution in [0, 0.1) is 10.1 Å². The predicted octanol–water partition coefficient (Wildman–Crippen LogP) is 4.53. The Morgan fingerprint density at radius 2 is 1.95 bits per heavy atom. The second-order valence-corrected chi connectivity index (χ2v) is 5.31. The molecule has 0 aliphatic rings. The first-order valence-electron chi connectivity index (χ1n) is 6.36. The molecule has 20 heavy (non-hydrogen) atoms. The monoisotopic (exact) mass is 334 g/mol. The van der Waals surface area contributed by atoms with Crippen LogP contribution >= 0.6 is 15.9 Å². The highest BCUT2D eigenvalue weighted by Gasteiger charge is 2.13. The van der Waals surface area contributed by atoms with Gasteiger partial charge in [0.2, 0.25) is 0 Å². The molecule has 4 nitrogen and oxygen atoms in total. The van der Waals surface area contributed by atoms with Gasteiger partial charge in [-0.2, -0.15) is 0 Å². The highest BCUT2D eigenvalue weighted by atomic mass is 79.9. The van der Waals surface area contributed by atoms with Gasteiger partial charge in [-0.1, -0.05) is 41.1 Å². The Balaban J connectivity index is 2.22. The van der Waals surface area contributed by atoms with E-state index >= 15 is 0 Å².